The maximum Gasteiger partial charge on any atom is 0.352 e. The highest BCUT2D eigenvalue weighted by Crippen LogP contribution is 2.76. The summed E-state index contributed by atoms with van der Waals surface area (Å²) >= 11 is 0. The molecule has 12 atom stereocenters. The molecule has 1 saturated heterocycles. The number of aliphatic hydroxyl groups excluding tert-OH is 1. The number of rotatable bonds is 7. The first kappa shape index (κ1) is 29.1. The van der Waals surface area contributed by atoms with Crippen LogP contribution in [0.25, 0.3) is 5.69 Å². The summed E-state index contributed by atoms with van der Waals surface area (Å²) in [5, 5.41) is 11.3. The average molecular weight is 602 g/mol. The van der Waals surface area contributed by atoms with Crippen LogP contribution in [0.4, 0.5) is 0 Å². The van der Waals surface area contributed by atoms with Crippen LogP contribution in [0.3, 0.4) is 0 Å². The molecule has 7 nitrogen and oxygen atoms in total. The minimum atomic E-state index is -0.808. The summed E-state index contributed by atoms with van der Waals surface area (Å²) in [5.74, 6) is 3.09. The van der Waals surface area contributed by atoms with Crippen LogP contribution in [-0.2, 0) is 15.8 Å². The summed E-state index contributed by atoms with van der Waals surface area (Å²) in [7, 11) is 0. The summed E-state index contributed by atoms with van der Waals surface area (Å²) in [4.78, 5) is 29.4. The van der Waals surface area contributed by atoms with Gasteiger partial charge in [0.05, 0.1) is 29.0 Å². The minimum absolute atomic E-state index is 0.0701. The summed E-state index contributed by atoms with van der Waals surface area (Å²) < 4.78 is 11.4. The third-order valence-corrected chi connectivity index (χ3v) is 14.6. The number of ether oxygens (including phenoxy) is 1. The van der Waals surface area contributed by atoms with E-state index in [-0.39, 0.29) is 46.3 Å². The third kappa shape index (κ3) is 3.26. The highest BCUT2D eigenvalue weighted by atomic mass is 16.6. The van der Waals surface area contributed by atoms with Gasteiger partial charge in [0.25, 0.3) is 0 Å². The van der Waals surface area contributed by atoms with Gasteiger partial charge in [0, 0.05) is 11.8 Å². The van der Waals surface area contributed by atoms with Crippen molar-refractivity contribution in [2.24, 2.45) is 46.3 Å². The quantitative estimate of drug-likeness (QED) is 0.319. The molecule has 3 aliphatic heterocycles. The van der Waals surface area contributed by atoms with Crippen LogP contribution in [0.5, 0.6) is 0 Å². The molecule has 44 heavy (non-hydrogen) atoms. The molecular formula is C37H51N3O4. The Morgan fingerprint density at radius 1 is 0.955 bits per heavy atom. The highest BCUT2D eigenvalue weighted by molar-refractivity contribution is 5.40. The maximum atomic E-state index is 14.8. The number of allylic oxidation sites excluding steroid dienone is 2. The van der Waals surface area contributed by atoms with Crippen molar-refractivity contribution < 1.29 is 9.84 Å². The summed E-state index contributed by atoms with van der Waals surface area (Å²) in [5.41, 5.74) is -1.66. The monoisotopic (exact) mass is 601 g/mol. The number of benzene rings is 1. The molecule has 1 aromatic heterocycles. The van der Waals surface area contributed by atoms with Gasteiger partial charge in [-0.05, 0) is 85.2 Å². The number of para-hydroxylation sites is 1. The smallest absolute Gasteiger partial charge is 0.352 e. The molecule has 9 rings (SSSR count). The first-order valence-corrected chi connectivity index (χ1v) is 17.5. The molecule has 2 aromatic rings. The Hall–Kier alpha value is -2.38. The van der Waals surface area contributed by atoms with Crippen molar-refractivity contribution in [3.05, 3.63) is 63.5 Å². The fraction of sp³-hybridized carbons (Fsp3) is 0.730. The first-order valence-electron chi connectivity index (χ1n) is 17.5. The highest BCUT2D eigenvalue weighted by Gasteiger charge is 2.81. The van der Waals surface area contributed by atoms with Crippen molar-refractivity contribution in [1.82, 2.24) is 13.9 Å². The van der Waals surface area contributed by atoms with Crippen LogP contribution in [0.15, 0.2) is 52.1 Å². The van der Waals surface area contributed by atoms with E-state index in [9.17, 15) is 14.7 Å². The van der Waals surface area contributed by atoms with Gasteiger partial charge in [0.15, 0.2) is 0 Å². The van der Waals surface area contributed by atoms with E-state index < -0.39 is 17.2 Å². The Bertz CT molecular complexity index is 1620. The molecule has 0 unspecified atom stereocenters. The van der Waals surface area contributed by atoms with Gasteiger partial charge in [-0.15, -0.1) is 0 Å². The topological polar surface area (TPSA) is 81.7 Å². The van der Waals surface area contributed by atoms with Gasteiger partial charge in [-0.25, -0.2) is 23.5 Å². The van der Waals surface area contributed by atoms with Crippen molar-refractivity contribution in [3.8, 4) is 5.69 Å². The van der Waals surface area contributed by atoms with E-state index in [1.807, 2.05) is 39.7 Å². The maximum absolute atomic E-state index is 14.8. The van der Waals surface area contributed by atoms with Crippen LogP contribution in [0.1, 0.15) is 92.9 Å². The number of aromatic nitrogens is 3. The second kappa shape index (κ2) is 9.34. The van der Waals surface area contributed by atoms with Crippen LogP contribution < -0.4 is 11.4 Å². The number of nitrogens with zero attached hydrogens (tertiary/aromatic N) is 3. The number of aliphatic hydroxyl groups is 1. The van der Waals surface area contributed by atoms with Crippen LogP contribution in [0.2, 0.25) is 0 Å². The van der Waals surface area contributed by atoms with Gasteiger partial charge in [-0.3, -0.25) is 0 Å². The lowest BCUT2D eigenvalue weighted by Crippen LogP contribution is -2.78. The molecule has 0 radical (unpaired) electrons. The lowest BCUT2D eigenvalue weighted by atomic mass is 9.40. The third-order valence-electron chi connectivity index (χ3n) is 14.6. The summed E-state index contributed by atoms with van der Waals surface area (Å²) in [6, 6.07) is 9.39. The van der Waals surface area contributed by atoms with Crippen molar-refractivity contribution >= 4 is 0 Å². The molecule has 4 heterocycles. The standard InChI is InChI=1S/C37H51N3O4/c1-7-24(22(2)3)14-13-23(4)26-15-16-28-34(26,5)18-17-29-35(6)31-30(44-31)27(41)21-36(35)19-20-37(28,29)40-33(43)38(32(42)39(36)40)25-11-9-8-10-12-25/h8-12,19-20,22-24,26-31,41H,7,13-18,21H2,1-6H3/t23-,24-,26-,27-,28-,29-,30+,31+,34-,35+,36-,37+/m1/s1. The van der Waals surface area contributed by atoms with Crippen molar-refractivity contribution in [2.45, 2.75) is 122 Å². The largest absolute Gasteiger partial charge is 0.390 e. The Morgan fingerprint density at radius 2 is 1.68 bits per heavy atom. The van der Waals surface area contributed by atoms with Gasteiger partial charge in [-0.1, -0.05) is 84.7 Å². The van der Waals surface area contributed by atoms with Gasteiger partial charge in [0.2, 0.25) is 0 Å². The van der Waals surface area contributed by atoms with Gasteiger partial charge in [-0.2, -0.15) is 0 Å². The molecule has 7 heteroatoms. The van der Waals surface area contributed by atoms with E-state index in [2.05, 4.69) is 53.7 Å². The predicted molar refractivity (Wildman–Crippen MR) is 171 cm³/mol. The van der Waals surface area contributed by atoms with Crippen LogP contribution >= 0.6 is 0 Å². The zero-order chi connectivity index (χ0) is 31.0. The fourth-order valence-corrected chi connectivity index (χ4v) is 12.4. The van der Waals surface area contributed by atoms with E-state index in [4.69, 9.17) is 4.74 Å². The average Bonchev–Trinajstić information content (AvgIpc) is 3.67. The van der Waals surface area contributed by atoms with Gasteiger partial charge >= 0.3 is 11.4 Å². The zero-order valence-electron chi connectivity index (χ0n) is 27.4. The predicted octanol–water partition coefficient (Wildman–Crippen LogP) is 5.85. The SMILES string of the molecule is CC[C@H](CC[C@@H](C)[C@H]1CC[C@@H]2[C@]1(C)CC[C@H]1[C@]23C=C[C@]2(C[C@@H](O)[C@@H]4O[C@@H]4[C@]12C)n1c(=O)n(-c2ccccc2)c(=O)n13)C(C)C. The van der Waals surface area contributed by atoms with E-state index in [1.165, 1.54) is 30.3 Å². The Kier molecular flexibility index (Phi) is 6.17. The molecule has 238 valence electrons. The number of epoxide rings is 1. The molecule has 0 amide bonds. The number of hydrogen-bond donors (Lipinski definition) is 1. The fourth-order valence-electron chi connectivity index (χ4n) is 12.4. The number of hydrogen-bond acceptors (Lipinski definition) is 4. The van der Waals surface area contributed by atoms with E-state index in [0.717, 1.165) is 25.2 Å². The Labute approximate surface area is 261 Å². The molecule has 1 aromatic carbocycles. The van der Waals surface area contributed by atoms with E-state index in [1.54, 1.807) is 0 Å². The first-order chi connectivity index (χ1) is 21.0. The molecule has 2 bridgehead atoms. The van der Waals surface area contributed by atoms with Crippen LogP contribution in [-0.4, -0.2) is 37.3 Å². The molecule has 4 fully saturated rings. The summed E-state index contributed by atoms with van der Waals surface area (Å²) in [6.07, 6.45) is 12.2. The van der Waals surface area contributed by atoms with E-state index in [0.29, 0.717) is 29.9 Å². The minimum Gasteiger partial charge on any atom is -0.390 e. The lowest BCUT2D eigenvalue weighted by molar-refractivity contribution is -0.194. The van der Waals surface area contributed by atoms with Crippen molar-refractivity contribution in [2.75, 3.05) is 0 Å². The molecule has 1 N–H and O–H groups in total. The summed E-state index contributed by atoms with van der Waals surface area (Å²) in [6.45, 7) is 14.4. The van der Waals surface area contributed by atoms with Gasteiger partial charge in [0.1, 0.15) is 6.10 Å². The second-order valence-electron chi connectivity index (χ2n) is 16.4. The van der Waals surface area contributed by atoms with Crippen molar-refractivity contribution in [1.29, 1.82) is 0 Å². The lowest BCUT2D eigenvalue weighted by Gasteiger charge is -2.70. The van der Waals surface area contributed by atoms with E-state index >= 15 is 0 Å². The Balaban J connectivity index is 1.29. The molecule has 2 spiro atoms. The zero-order valence-corrected chi connectivity index (χ0v) is 27.4. The normalized spacial score (nSPS) is 44.0. The molecule has 4 aliphatic carbocycles. The van der Waals surface area contributed by atoms with Crippen LogP contribution in [0, 0.1) is 46.3 Å². The molecule has 7 aliphatic rings. The van der Waals surface area contributed by atoms with Crippen molar-refractivity contribution in [3.63, 3.8) is 0 Å². The number of fused-ring (bicyclic) bond motifs is 2. The Morgan fingerprint density at radius 3 is 2.39 bits per heavy atom. The second-order valence-corrected chi connectivity index (χ2v) is 16.4. The molecule has 3 saturated carbocycles. The molecular weight excluding hydrogens is 550 g/mol. The van der Waals surface area contributed by atoms with Gasteiger partial charge < -0.3 is 9.84 Å².